The van der Waals surface area contributed by atoms with Crippen LogP contribution in [0.2, 0.25) is 0 Å². The first-order valence-corrected chi connectivity index (χ1v) is 4.76. The van der Waals surface area contributed by atoms with E-state index in [1.807, 2.05) is 0 Å². The molecule has 0 radical (unpaired) electrons. The maximum absolute atomic E-state index is 10.7. The molecule has 0 amide bonds. The summed E-state index contributed by atoms with van der Waals surface area (Å²) >= 11 is 0. The fraction of sp³-hybridized carbons (Fsp3) is 0.300. The normalized spacial score (nSPS) is 13.4. The van der Waals surface area contributed by atoms with E-state index in [0.717, 1.165) is 0 Å². The Morgan fingerprint density at radius 3 is 2.24 bits per heavy atom. The SMILES string of the molecule is N#CC(C(C[N+](=O)[O-])c1ccccc1)[N+](=O)[O-]. The molecule has 0 saturated heterocycles. The van der Waals surface area contributed by atoms with Crippen LogP contribution in [0.4, 0.5) is 0 Å². The van der Waals surface area contributed by atoms with Crippen LogP contribution in [-0.2, 0) is 0 Å². The fourth-order valence-corrected chi connectivity index (χ4v) is 1.53. The Labute approximate surface area is 96.6 Å². The third kappa shape index (κ3) is 3.24. The van der Waals surface area contributed by atoms with E-state index in [0.29, 0.717) is 5.56 Å². The van der Waals surface area contributed by atoms with Crippen molar-refractivity contribution >= 4 is 0 Å². The van der Waals surface area contributed by atoms with Crippen LogP contribution < -0.4 is 0 Å². The average molecular weight is 235 g/mol. The predicted molar refractivity (Wildman–Crippen MR) is 57.4 cm³/mol. The van der Waals surface area contributed by atoms with Crippen LogP contribution in [-0.4, -0.2) is 22.4 Å². The van der Waals surface area contributed by atoms with Gasteiger partial charge in [-0.2, -0.15) is 5.26 Å². The van der Waals surface area contributed by atoms with E-state index in [1.54, 1.807) is 30.3 Å². The summed E-state index contributed by atoms with van der Waals surface area (Å²) in [4.78, 5) is 19.7. The van der Waals surface area contributed by atoms with E-state index in [1.165, 1.54) is 6.07 Å². The van der Waals surface area contributed by atoms with Crippen molar-refractivity contribution in [2.45, 2.75) is 12.0 Å². The van der Waals surface area contributed by atoms with Crippen molar-refractivity contribution in [3.8, 4) is 6.07 Å². The molecular formula is C10H9N3O4. The highest BCUT2D eigenvalue weighted by atomic mass is 16.6. The molecule has 1 aromatic carbocycles. The van der Waals surface area contributed by atoms with Crippen molar-refractivity contribution in [2.75, 3.05) is 6.54 Å². The van der Waals surface area contributed by atoms with Crippen LogP contribution in [0.25, 0.3) is 0 Å². The summed E-state index contributed by atoms with van der Waals surface area (Å²) in [5.74, 6) is -1.04. The molecule has 0 aromatic heterocycles. The number of nitriles is 1. The lowest BCUT2D eigenvalue weighted by molar-refractivity contribution is -0.534. The zero-order valence-electron chi connectivity index (χ0n) is 8.72. The van der Waals surface area contributed by atoms with Crippen molar-refractivity contribution in [2.24, 2.45) is 0 Å². The van der Waals surface area contributed by atoms with Gasteiger partial charge < -0.3 is 0 Å². The van der Waals surface area contributed by atoms with Gasteiger partial charge in [-0.05, 0) is 5.56 Å². The number of benzene rings is 1. The van der Waals surface area contributed by atoms with Crippen LogP contribution in [0.1, 0.15) is 11.5 Å². The molecule has 88 valence electrons. The highest BCUT2D eigenvalue weighted by molar-refractivity contribution is 5.22. The zero-order valence-corrected chi connectivity index (χ0v) is 8.72. The summed E-state index contributed by atoms with van der Waals surface area (Å²) in [5.41, 5.74) is 0.424. The van der Waals surface area contributed by atoms with Gasteiger partial charge in [0.2, 0.25) is 6.54 Å². The van der Waals surface area contributed by atoms with Crippen LogP contribution in [0, 0.1) is 31.6 Å². The first kappa shape index (κ1) is 12.6. The second-order valence-corrected chi connectivity index (χ2v) is 3.39. The van der Waals surface area contributed by atoms with Crippen LogP contribution in [0.5, 0.6) is 0 Å². The van der Waals surface area contributed by atoms with Gasteiger partial charge in [-0.3, -0.25) is 20.2 Å². The smallest absolute Gasteiger partial charge is 0.265 e. The summed E-state index contributed by atoms with van der Waals surface area (Å²) in [7, 11) is 0. The summed E-state index contributed by atoms with van der Waals surface area (Å²) in [6.45, 7) is -0.636. The Hall–Kier alpha value is -2.49. The lowest BCUT2D eigenvalue weighted by Gasteiger charge is -2.12. The quantitative estimate of drug-likeness (QED) is 0.562. The van der Waals surface area contributed by atoms with Crippen LogP contribution in [0.3, 0.4) is 0 Å². The molecule has 0 bridgehead atoms. The van der Waals surface area contributed by atoms with E-state index in [9.17, 15) is 20.2 Å². The van der Waals surface area contributed by atoms with Gasteiger partial charge in [0.25, 0.3) is 0 Å². The van der Waals surface area contributed by atoms with Gasteiger partial charge in [0.1, 0.15) is 12.0 Å². The molecule has 0 N–H and O–H groups in total. The Balaban J connectivity index is 3.08. The highest BCUT2D eigenvalue weighted by Crippen LogP contribution is 2.21. The van der Waals surface area contributed by atoms with E-state index >= 15 is 0 Å². The van der Waals surface area contributed by atoms with Crippen molar-refractivity contribution in [3.63, 3.8) is 0 Å². The third-order valence-corrected chi connectivity index (χ3v) is 2.31. The van der Waals surface area contributed by atoms with Crippen molar-refractivity contribution in [3.05, 3.63) is 56.1 Å². The Bertz CT molecular complexity index is 454. The molecule has 2 unspecified atom stereocenters. The zero-order chi connectivity index (χ0) is 12.8. The van der Waals surface area contributed by atoms with Gasteiger partial charge in [-0.1, -0.05) is 30.3 Å². The van der Waals surface area contributed by atoms with E-state index in [-0.39, 0.29) is 0 Å². The predicted octanol–water partition coefficient (Wildman–Crippen LogP) is 1.22. The topological polar surface area (TPSA) is 110 Å². The second kappa shape index (κ2) is 5.55. The van der Waals surface area contributed by atoms with E-state index < -0.39 is 28.4 Å². The van der Waals surface area contributed by atoms with E-state index in [2.05, 4.69) is 0 Å². The highest BCUT2D eigenvalue weighted by Gasteiger charge is 2.36. The number of nitro groups is 2. The molecule has 7 nitrogen and oxygen atoms in total. The van der Waals surface area contributed by atoms with Crippen LogP contribution >= 0.6 is 0 Å². The Morgan fingerprint density at radius 2 is 1.82 bits per heavy atom. The number of hydrogen-bond donors (Lipinski definition) is 0. The summed E-state index contributed by atoms with van der Waals surface area (Å²) < 4.78 is 0. The molecule has 0 spiro atoms. The fourth-order valence-electron chi connectivity index (χ4n) is 1.53. The molecule has 1 aromatic rings. The number of nitrogens with zero attached hydrogens (tertiary/aromatic N) is 3. The second-order valence-electron chi connectivity index (χ2n) is 3.39. The van der Waals surface area contributed by atoms with Crippen molar-refractivity contribution in [1.29, 1.82) is 5.26 Å². The van der Waals surface area contributed by atoms with Gasteiger partial charge in [-0.15, -0.1) is 0 Å². The molecule has 17 heavy (non-hydrogen) atoms. The summed E-state index contributed by atoms with van der Waals surface area (Å²) in [6.07, 6.45) is 0. The molecular weight excluding hydrogens is 226 g/mol. The molecule has 2 atom stereocenters. The maximum Gasteiger partial charge on any atom is 0.309 e. The molecule has 0 heterocycles. The standard InChI is InChI=1S/C10H9N3O4/c11-6-10(13(16)17)9(7-12(14)15)8-4-2-1-3-5-8/h1-5,9-10H,7H2. The monoisotopic (exact) mass is 235 g/mol. The molecule has 0 fully saturated rings. The minimum Gasteiger partial charge on any atom is -0.265 e. The first-order valence-electron chi connectivity index (χ1n) is 4.76. The van der Waals surface area contributed by atoms with E-state index in [4.69, 9.17) is 5.26 Å². The Kier molecular flexibility index (Phi) is 4.11. The lowest BCUT2D eigenvalue weighted by Crippen LogP contribution is -2.30. The minimum absolute atomic E-state index is 0.424. The van der Waals surface area contributed by atoms with Crippen molar-refractivity contribution in [1.82, 2.24) is 0 Å². The molecule has 0 saturated carbocycles. The summed E-state index contributed by atoms with van der Waals surface area (Å²) in [5, 5.41) is 29.9. The minimum atomic E-state index is -1.61. The molecule has 0 aliphatic rings. The van der Waals surface area contributed by atoms with Gasteiger partial charge in [0.15, 0.2) is 0 Å². The first-order chi connectivity index (χ1) is 8.06. The average Bonchev–Trinajstić information content (AvgIpc) is 2.29. The van der Waals surface area contributed by atoms with Gasteiger partial charge >= 0.3 is 6.04 Å². The van der Waals surface area contributed by atoms with Gasteiger partial charge in [-0.25, -0.2) is 0 Å². The maximum atomic E-state index is 10.7. The molecule has 0 aliphatic carbocycles. The lowest BCUT2D eigenvalue weighted by atomic mass is 9.92. The van der Waals surface area contributed by atoms with Gasteiger partial charge in [0.05, 0.1) is 0 Å². The number of rotatable bonds is 5. The largest absolute Gasteiger partial charge is 0.309 e. The molecule has 7 heteroatoms. The molecule has 0 aliphatic heterocycles. The number of hydrogen-bond acceptors (Lipinski definition) is 5. The molecule has 1 rings (SSSR count). The van der Waals surface area contributed by atoms with Gasteiger partial charge in [0, 0.05) is 9.85 Å². The van der Waals surface area contributed by atoms with Crippen molar-refractivity contribution < 1.29 is 9.85 Å². The van der Waals surface area contributed by atoms with Crippen LogP contribution in [0.15, 0.2) is 30.3 Å². The third-order valence-electron chi connectivity index (χ3n) is 2.31. The Morgan fingerprint density at radius 1 is 1.24 bits per heavy atom. The summed E-state index contributed by atoms with van der Waals surface area (Å²) in [6, 6.07) is 7.92.